The Morgan fingerprint density at radius 3 is 2.83 bits per heavy atom. The van der Waals surface area contributed by atoms with Gasteiger partial charge in [0, 0.05) is 18.1 Å². The molecule has 0 spiro atoms. The van der Waals surface area contributed by atoms with Gasteiger partial charge in [-0.2, -0.15) is 0 Å². The fraction of sp³-hybridized carbons (Fsp3) is 0.154. The Morgan fingerprint density at radius 2 is 2.11 bits per heavy atom. The van der Waals surface area contributed by atoms with Gasteiger partial charge in [0.15, 0.2) is 0 Å². The van der Waals surface area contributed by atoms with Gasteiger partial charge in [0.2, 0.25) is 0 Å². The van der Waals surface area contributed by atoms with Crippen molar-refractivity contribution in [3.05, 3.63) is 53.6 Å². The first-order valence-electron chi connectivity index (χ1n) is 5.55. The maximum Gasteiger partial charge on any atom is 0.142 e. The van der Waals surface area contributed by atoms with E-state index in [0.717, 1.165) is 30.3 Å². The Balaban J connectivity index is 2.08. The number of pyridine rings is 2. The van der Waals surface area contributed by atoms with Crippen LogP contribution in [0.5, 0.6) is 5.75 Å². The number of nitrogens with zero attached hydrogens (tertiary/aromatic N) is 3. The third-order valence-electron chi connectivity index (χ3n) is 2.53. The smallest absolute Gasteiger partial charge is 0.142 e. The summed E-state index contributed by atoms with van der Waals surface area (Å²) in [6.45, 7) is 0. The first kappa shape index (κ1) is 12.0. The highest BCUT2D eigenvalue weighted by atomic mass is 16.4. The molecule has 5 nitrogen and oxygen atoms in total. The third-order valence-corrected chi connectivity index (χ3v) is 2.53. The van der Waals surface area contributed by atoms with Crippen molar-refractivity contribution in [1.29, 1.82) is 0 Å². The zero-order valence-corrected chi connectivity index (χ0v) is 9.69. The molecule has 2 aromatic rings. The summed E-state index contributed by atoms with van der Waals surface area (Å²) in [5.41, 5.74) is 2.22. The van der Waals surface area contributed by atoms with E-state index in [1.54, 1.807) is 18.3 Å². The molecule has 2 aromatic heterocycles. The van der Waals surface area contributed by atoms with Gasteiger partial charge in [0.05, 0.1) is 6.21 Å². The molecule has 0 saturated carbocycles. The molecule has 2 heterocycles. The maximum atomic E-state index is 9.48. The minimum Gasteiger partial charge on any atom is -0.506 e. The van der Waals surface area contributed by atoms with Crippen LogP contribution in [0.3, 0.4) is 0 Å². The summed E-state index contributed by atoms with van der Waals surface area (Å²) >= 11 is 0. The Labute approximate surface area is 104 Å². The molecule has 2 N–H and O–H groups in total. The van der Waals surface area contributed by atoms with Crippen molar-refractivity contribution in [2.24, 2.45) is 5.16 Å². The molecule has 0 aliphatic carbocycles. The van der Waals surface area contributed by atoms with E-state index in [9.17, 15) is 5.11 Å². The quantitative estimate of drug-likeness (QED) is 0.487. The lowest BCUT2D eigenvalue weighted by Crippen LogP contribution is -1.98. The molecule has 0 atom stereocenters. The number of hydrogen-bond acceptors (Lipinski definition) is 5. The van der Waals surface area contributed by atoms with Gasteiger partial charge >= 0.3 is 0 Å². The van der Waals surface area contributed by atoms with Gasteiger partial charge in [-0.15, -0.1) is 0 Å². The van der Waals surface area contributed by atoms with Gasteiger partial charge < -0.3 is 10.3 Å². The lowest BCUT2D eigenvalue weighted by molar-refractivity contribution is 0.321. The number of aromatic hydroxyl groups is 1. The van der Waals surface area contributed by atoms with Gasteiger partial charge in [-0.05, 0) is 36.6 Å². The van der Waals surface area contributed by atoms with Gasteiger partial charge in [0.25, 0.3) is 0 Å². The SMILES string of the molecule is ON=Cc1nc(CCc2cccnc2)ccc1O. The molecular formula is C13H13N3O2. The van der Waals surface area contributed by atoms with Crippen LogP contribution in [0.1, 0.15) is 17.0 Å². The Kier molecular flexibility index (Phi) is 3.86. The second kappa shape index (κ2) is 5.77. The van der Waals surface area contributed by atoms with E-state index in [4.69, 9.17) is 5.21 Å². The number of oxime groups is 1. The predicted molar refractivity (Wildman–Crippen MR) is 66.9 cm³/mol. The van der Waals surface area contributed by atoms with Crippen molar-refractivity contribution in [2.75, 3.05) is 0 Å². The molecule has 0 unspecified atom stereocenters. The fourth-order valence-corrected chi connectivity index (χ4v) is 1.62. The third kappa shape index (κ3) is 3.04. The first-order valence-corrected chi connectivity index (χ1v) is 5.55. The van der Waals surface area contributed by atoms with Crippen LogP contribution in [-0.2, 0) is 12.8 Å². The number of rotatable bonds is 4. The molecule has 2 rings (SSSR count). The van der Waals surface area contributed by atoms with Gasteiger partial charge in [-0.3, -0.25) is 4.98 Å². The maximum absolute atomic E-state index is 9.48. The fourth-order valence-electron chi connectivity index (χ4n) is 1.62. The molecule has 18 heavy (non-hydrogen) atoms. The average Bonchev–Trinajstić information content (AvgIpc) is 2.41. The van der Waals surface area contributed by atoms with Crippen LogP contribution in [-0.4, -0.2) is 26.5 Å². The van der Waals surface area contributed by atoms with Crippen molar-refractivity contribution in [3.63, 3.8) is 0 Å². The lowest BCUT2D eigenvalue weighted by Gasteiger charge is -2.03. The number of aryl methyl sites for hydroxylation is 2. The molecule has 0 radical (unpaired) electrons. The summed E-state index contributed by atoms with van der Waals surface area (Å²) in [5.74, 6) is -0.00192. The normalized spacial score (nSPS) is 10.9. The molecule has 0 saturated heterocycles. The van der Waals surface area contributed by atoms with Crippen molar-refractivity contribution in [3.8, 4) is 5.75 Å². The molecule has 92 valence electrons. The predicted octanol–water partition coefficient (Wildman–Crippen LogP) is 1.78. The minimum atomic E-state index is -0.00192. The second-order valence-corrected chi connectivity index (χ2v) is 3.81. The van der Waals surface area contributed by atoms with E-state index < -0.39 is 0 Å². The summed E-state index contributed by atoms with van der Waals surface area (Å²) in [6, 6.07) is 7.19. The van der Waals surface area contributed by atoms with E-state index in [1.165, 1.54) is 0 Å². The van der Waals surface area contributed by atoms with E-state index in [2.05, 4.69) is 15.1 Å². The van der Waals surface area contributed by atoms with Gasteiger partial charge in [-0.1, -0.05) is 11.2 Å². The van der Waals surface area contributed by atoms with Crippen molar-refractivity contribution in [1.82, 2.24) is 9.97 Å². The highest BCUT2D eigenvalue weighted by molar-refractivity contribution is 5.80. The zero-order valence-electron chi connectivity index (χ0n) is 9.69. The lowest BCUT2D eigenvalue weighted by atomic mass is 10.1. The van der Waals surface area contributed by atoms with Crippen LogP contribution in [0.2, 0.25) is 0 Å². The minimum absolute atomic E-state index is 0.00192. The molecular weight excluding hydrogens is 230 g/mol. The summed E-state index contributed by atoms with van der Waals surface area (Å²) in [6.07, 6.45) is 6.22. The van der Waals surface area contributed by atoms with E-state index in [-0.39, 0.29) is 11.4 Å². The molecule has 0 aromatic carbocycles. The van der Waals surface area contributed by atoms with E-state index in [1.807, 2.05) is 18.3 Å². The monoisotopic (exact) mass is 243 g/mol. The highest BCUT2D eigenvalue weighted by Gasteiger charge is 2.03. The Morgan fingerprint density at radius 1 is 1.22 bits per heavy atom. The molecule has 0 bridgehead atoms. The van der Waals surface area contributed by atoms with Crippen LogP contribution >= 0.6 is 0 Å². The summed E-state index contributed by atoms with van der Waals surface area (Å²) < 4.78 is 0. The number of aromatic nitrogens is 2. The van der Waals surface area contributed by atoms with Crippen molar-refractivity contribution in [2.45, 2.75) is 12.8 Å². The Hall–Kier alpha value is -2.43. The highest BCUT2D eigenvalue weighted by Crippen LogP contribution is 2.14. The van der Waals surface area contributed by atoms with Crippen molar-refractivity contribution >= 4 is 6.21 Å². The summed E-state index contributed by atoms with van der Waals surface area (Å²) in [4.78, 5) is 8.24. The molecule has 0 aliphatic rings. The van der Waals surface area contributed by atoms with Crippen LogP contribution in [0, 0.1) is 0 Å². The van der Waals surface area contributed by atoms with Gasteiger partial charge in [0.1, 0.15) is 11.4 Å². The first-order chi connectivity index (χ1) is 8.79. The van der Waals surface area contributed by atoms with Gasteiger partial charge in [-0.25, -0.2) is 4.98 Å². The molecule has 0 fully saturated rings. The summed E-state index contributed by atoms with van der Waals surface area (Å²) in [7, 11) is 0. The van der Waals surface area contributed by atoms with Crippen LogP contribution < -0.4 is 0 Å². The molecule has 5 heteroatoms. The summed E-state index contributed by atoms with van der Waals surface area (Å²) in [5, 5.41) is 20.8. The van der Waals surface area contributed by atoms with Crippen molar-refractivity contribution < 1.29 is 10.3 Å². The Bertz CT molecular complexity index is 541. The average molecular weight is 243 g/mol. The van der Waals surface area contributed by atoms with Crippen LogP contribution in [0.4, 0.5) is 0 Å². The van der Waals surface area contributed by atoms with Crippen LogP contribution in [0.15, 0.2) is 41.8 Å². The topological polar surface area (TPSA) is 78.6 Å². The van der Waals surface area contributed by atoms with E-state index >= 15 is 0 Å². The standard InChI is InChI=1S/C13H13N3O2/c17-13-6-5-11(16-12(13)9-15-18)4-3-10-2-1-7-14-8-10/h1-2,5-9,17-18H,3-4H2. The largest absolute Gasteiger partial charge is 0.506 e. The number of hydrogen-bond donors (Lipinski definition) is 2. The zero-order chi connectivity index (χ0) is 12.8. The second-order valence-electron chi connectivity index (χ2n) is 3.81. The molecule has 0 aliphatic heterocycles. The van der Waals surface area contributed by atoms with Crippen LogP contribution in [0.25, 0.3) is 0 Å². The molecule has 0 amide bonds. The van der Waals surface area contributed by atoms with E-state index in [0.29, 0.717) is 0 Å².